The van der Waals surface area contributed by atoms with Crippen LogP contribution in [0.3, 0.4) is 0 Å². The van der Waals surface area contributed by atoms with Gasteiger partial charge in [-0.2, -0.15) is 0 Å². The summed E-state index contributed by atoms with van der Waals surface area (Å²) in [6.07, 6.45) is 2.81. The maximum Gasteiger partial charge on any atom is 0.269 e. The maximum absolute atomic E-state index is 12.9. The van der Waals surface area contributed by atoms with Crippen molar-refractivity contribution in [3.05, 3.63) is 64.9 Å². The smallest absolute Gasteiger partial charge is 0.269 e. The number of aromatic nitrogens is 2. The molecule has 0 aliphatic heterocycles. The molecular weight excluding hydrogens is 407 g/mol. The number of hydrogen-bond donors (Lipinski definition) is 0. The quantitative estimate of drug-likeness (QED) is 0.550. The number of imidazole rings is 1. The predicted molar refractivity (Wildman–Crippen MR) is 107 cm³/mol. The van der Waals surface area contributed by atoms with Crippen LogP contribution in [-0.2, 0) is 10.0 Å². The molecule has 2 aromatic carbocycles. The zero-order valence-electron chi connectivity index (χ0n) is 14.8. The number of hydrogen-bond acceptors (Lipinski definition) is 4. The highest BCUT2D eigenvalue weighted by Gasteiger charge is 2.22. The lowest BCUT2D eigenvalue weighted by Crippen LogP contribution is -2.13. The van der Waals surface area contributed by atoms with Crippen molar-refractivity contribution in [1.29, 1.82) is 0 Å². The maximum atomic E-state index is 12.9. The first-order valence-corrected chi connectivity index (χ1v) is 10.5. The molecule has 27 heavy (non-hydrogen) atoms. The van der Waals surface area contributed by atoms with Gasteiger partial charge < -0.3 is 4.74 Å². The first kappa shape index (κ1) is 19.7. The molecule has 0 N–H and O–H groups in total. The average molecular weight is 425 g/mol. The van der Waals surface area contributed by atoms with Crippen molar-refractivity contribution in [3.8, 4) is 17.1 Å². The SMILES string of the molecule is CC(C)COc1c(Cl)cc(-c2nccn2S(=O)(=O)c2ccccc2)cc1Cl. The van der Waals surface area contributed by atoms with Crippen molar-refractivity contribution in [2.45, 2.75) is 18.7 Å². The van der Waals surface area contributed by atoms with Crippen LogP contribution in [0.1, 0.15) is 13.8 Å². The van der Waals surface area contributed by atoms with Gasteiger partial charge in [-0.3, -0.25) is 0 Å². The van der Waals surface area contributed by atoms with Crippen molar-refractivity contribution in [1.82, 2.24) is 8.96 Å². The van der Waals surface area contributed by atoms with E-state index >= 15 is 0 Å². The molecule has 0 unspecified atom stereocenters. The Kier molecular flexibility index (Phi) is 5.79. The van der Waals surface area contributed by atoms with E-state index in [1.54, 1.807) is 30.3 Å². The lowest BCUT2D eigenvalue weighted by Gasteiger charge is -2.14. The molecule has 3 aromatic rings. The summed E-state index contributed by atoms with van der Waals surface area (Å²) < 4.78 is 32.6. The summed E-state index contributed by atoms with van der Waals surface area (Å²) in [6, 6.07) is 11.3. The molecule has 0 amide bonds. The number of ether oxygens (including phenoxy) is 1. The summed E-state index contributed by atoms with van der Waals surface area (Å²) in [4.78, 5) is 4.36. The van der Waals surface area contributed by atoms with Crippen LogP contribution in [0.15, 0.2) is 59.8 Å². The van der Waals surface area contributed by atoms with Crippen LogP contribution in [-0.4, -0.2) is 24.0 Å². The van der Waals surface area contributed by atoms with Gasteiger partial charge in [0.2, 0.25) is 0 Å². The minimum atomic E-state index is -3.79. The Balaban J connectivity index is 2.04. The van der Waals surface area contributed by atoms with E-state index in [1.807, 2.05) is 13.8 Å². The van der Waals surface area contributed by atoms with Crippen LogP contribution in [0.4, 0.5) is 0 Å². The fourth-order valence-corrected chi connectivity index (χ4v) is 4.39. The molecule has 1 aromatic heterocycles. The monoisotopic (exact) mass is 424 g/mol. The summed E-state index contributed by atoms with van der Waals surface area (Å²) in [5.41, 5.74) is 0.478. The van der Waals surface area contributed by atoms with Gasteiger partial charge in [-0.1, -0.05) is 55.2 Å². The zero-order chi connectivity index (χ0) is 19.6. The van der Waals surface area contributed by atoms with E-state index in [2.05, 4.69) is 4.98 Å². The third kappa shape index (κ3) is 4.13. The van der Waals surface area contributed by atoms with Gasteiger partial charge in [0.05, 0.1) is 21.5 Å². The molecule has 5 nitrogen and oxygen atoms in total. The van der Waals surface area contributed by atoms with Gasteiger partial charge in [0, 0.05) is 18.0 Å². The second-order valence-corrected chi connectivity index (χ2v) is 8.97. The van der Waals surface area contributed by atoms with Gasteiger partial charge in [0.25, 0.3) is 10.0 Å². The third-order valence-corrected chi connectivity index (χ3v) is 5.97. The molecule has 0 radical (unpaired) electrons. The average Bonchev–Trinajstić information content (AvgIpc) is 3.12. The topological polar surface area (TPSA) is 61.2 Å². The predicted octanol–water partition coefficient (Wildman–Crippen LogP) is 5.13. The van der Waals surface area contributed by atoms with E-state index in [4.69, 9.17) is 27.9 Å². The lowest BCUT2D eigenvalue weighted by atomic mass is 10.2. The standard InChI is InChI=1S/C19H18Cl2N2O3S/c1-13(2)12-26-18-16(20)10-14(11-17(18)21)19-22-8-9-23(19)27(24,25)15-6-4-3-5-7-15/h3-11,13H,12H2,1-2H3. The third-order valence-electron chi connectivity index (χ3n) is 3.73. The van der Waals surface area contributed by atoms with Gasteiger partial charge in [0.15, 0.2) is 11.6 Å². The second kappa shape index (κ2) is 7.92. The van der Waals surface area contributed by atoms with Crippen molar-refractivity contribution < 1.29 is 13.2 Å². The van der Waals surface area contributed by atoms with Crippen molar-refractivity contribution in [2.24, 2.45) is 5.92 Å². The number of nitrogens with zero attached hydrogens (tertiary/aromatic N) is 2. The van der Waals surface area contributed by atoms with Gasteiger partial charge >= 0.3 is 0 Å². The first-order chi connectivity index (χ1) is 12.8. The molecule has 1 heterocycles. The van der Waals surface area contributed by atoms with Crippen LogP contribution >= 0.6 is 23.2 Å². The molecule has 0 saturated heterocycles. The Labute approximate surface area is 168 Å². The van der Waals surface area contributed by atoms with E-state index < -0.39 is 10.0 Å². The van der Waals surface area contributed by atoms with Crippen LogP contribution in [0.5, 0.6) is 5.75 Å². The Hall–Kier alpha value is -2.02. The lowest BCUT2D eigenvalue weighted by molar-refractivity contribution is 0.271. The summed E-state index contributed by atoms with van der Waals surface area (Å²) in [5, 5.41) is 0.592. The van der Waals surface area contributed by atoms with E-state index in [0.717, 1.165) is 3.97 Å². The van der Waals surface area contributed by atoms with Gasteiger partial charge in [-0.05, 0) is 30.2 Å². The van der Waals surface area contributed by atoms with E-state index in [0.29, 0.717) is 33.9 Å². The Morgan fingerprint density at radius 3 is 2.33 bits per heavy atom. The summed E-state index contributed by atoms with van der Waals surface area (Å²) in [5.74, 6) is 0.907. The molecule has 0 aliphatic carbocycles. The highest BCUT2D eigenvalue weighted by atomic mass is 35.5. The van der Waals surface area contributed by atoms with Gasteiger partial charge in [-0.25, -0.2) is 17.4 Å². The highest BCUT2D eigenvalue weighted by Crippen LogP contribution is 2.38. The molecule has 3 rings (SSSR count). The fourth-order valence-electron chi connectivity index (χ4n) is 2.47. The highest BCUT2D eigenvalue weighted by molar-refractivity contribution is 7.90. The first-order valence-electron chi connectivity index (χ1n) is 8.27. The van der Waals surface area contributed by atoms with Crippen molar-refractivity contribution in [3.63, 3.8) is 0 Å². The molecular formula is C19H18Cl2N2O3S. The summed E-state index contributed by atoms with van der Waals surface area (Å²) in [7, 11) is -3.79. The fraction of sp³-hybridized carbons (Fsp3) is 0.211. The second-order valence-electron chi connectivity index (χ2n) is 6.34. The van der Waals surface area contributed by atoms with Crippen molar-refractivity contribution >= 4 is 33.2 Å². The van der Waals surface area contributed by atoms with Crippen molar-refractivity contribution in [2.75, 3.05) is 6.61 Å². The number of benzene rings is 2. The molecule has 0 fully saturated rings. The van der Waals surface area contributed by atoms with E-state index in [-0.39, 0.29) is 10.7 Å². The minimum absolute atomic E-state index is 0.165. The van der Waals surface area contributed by atoms with Crippen LogP contribution in [0.25, 0.3) is 11.4 Å². The normalized spacial score (nSPS) is 11.7. The van der Waals surface area contributed by atoms with E-state index in [1.165, 1.54) is 24.5 Å². The number of halogens is 2. The Morgan fingerprint density at radius 1 is 1.11 bits per heavy atom. The molecule has 0 aliphatic rings. The van der Waals surface area contributed by atoms with E-state index in [9.17, 15) is 8.42 Å². The molecule has 0 saturated carbocycles. The van der Waals surface area contributed by atoms with Gasteiger partial charge in [0.1, 0.15) is 0 Å². The molecule has 0 spiro atoms. The largest absolute Gasteiger partial charge is 0.490 e. The van der Waals surface area contributed by atoms with Crippen LogP contribution in [0, 0.1) is 5.92 Å². The Bertz CT molecular complexity index is 1020. The Morgan fingerprint density at radius 2 is 1.74 bits per heavy atom. The van der Waals surface area contributed by atoms with Crippen LogP contribution in [0.2, 0.25) is 10.0 Å². The number of rotatable bonds is 6. The summed E-state index contributed by atoms with van der Waals surface area (Å²) >= 11 is 12.6. The zero-order valence-corrected chi connectivity index (χ0v) is 17.1. The molecule has 0 bridgehead atoms. The molecule has 8 heteroatoms. The van der Waals surface area contributed by atoms with Gasteiger partial charge in [-0.15, -0.1) is 0 Å². The molecule has 0 atom stereocenters. The summed E-state index contributed by atoms with van der Waals surface area (Å²) in [6.45, 7) is 4.50. The minimum Gasteiger partial charge on any atom is -0.490 e. The van der Waals surface area contributed by atoms with Crippen LogP contribution < -0.4 is 4.74 Å². The molecule has 142 valence electrons.